The maximum Gasteiger partial charge on any atom is 0.125 e. The van der Waals surface area contributed by atoms with E-state index in [1.165, 1.54) is 0 Å². The van der Waals surface area contributed by atoms with Gasteiger partial charge in [0.25, 0.3) is 0 Å². The van der Waals surface area contributed by atoms with E-state index in [1.54, 1.807) is 0 Å². The molecule has 1 heterocycles. The fourth-order valence-corrected chi connectivity index (χ4v) is 2.57. The normalized spacial score (nSPS) is 14.1. The van der Waals surface area contributed by atoms with E-state index in [-0.39, 0.29) is 5.41 Å². The number of aromatic nitrogens is 2. The molecule has 0 radical (unpaired) electrons. The van der Waals surface area contributed by atoms with Crippen LogP contribution in [0.15, 0.2) is 22.7 Å². The van der Waals surface area contributed by atoms with Gasteiger partial charge in [-0.05, 0) is 30.5 Å². The SMILES string of the molecule is CC(n1c(CCl)nc2cc(Br)ccc21)C(C)(C)C. The second-order valence-electron chi connectivity index (χ2n) is 5.71. The molecule has 0 N–H and O–H groups in total. The molecule has 2 aromatic rings. The molecule has 0 aliphatic rings. The van der Waals surface area contributed by atoms with Gasteiger partial charge in [-0.3, -0.25) is 0 Å². The van der Waals surface area contributed by atoms with Crippen LogP contribution in [0.5, 0.6) is 0 Å². The Labute approximate surface area is 121 Å². The molecule has 0 aliphatic carbocycles. The van der Waals surface area contributed by atoms with Gasteiger partial charge in [-0.2, -0.15) is 0 Å². The van der Waals surface area contributed by atoms with Gasteiger partial charge in [0.15, 0.2) is 0 Å². The molecule has 18 heavy (non-hydrogen) atoms. The van der Waals surface area contributed by atoms with E-state index in [4.69, 9.17) is 11.6 Å². The second-order valence-corrected chi connectivity index (χ2v) is 6.89. The topological polar surface area (TPSA) is 17.8 Å². The van der Waals surface area contributed by atoms with Crippen molar-refractivity contribution in [2.24, 2.45) is 5.41 Å². The Bertz CT molecular complexity index is 569. The Hall–Kier alpha value is -0.540. The number of halogens is 2. The maximum atomic E-state index is 6.04. The molecule has 0 aliphatic heterocycles. The van der Waals surface area contributed by atoms with Gasteiger partial charge in [0.05, 0.1) is 16.9 Å². The highest BCUT2D eigenvalue weighted by Gasteiger charge is 2.25. The zero-order valence-electron chi connectivity index (χ0n) is 11.2. The average Bonchev–Trinajstić information content (AvgIpc) is 2.63. The largest absolute Gasteiger partial charge is 0.324 e. The van der Waals surface area contributed by atoms with Gasteiger partial charge in [-0.1, -0.05) is 36.7 Å². The summed E-state index contributed by atoms with van der Waals surface area (Å²) in [7, 11) is 0. The zero-order chi connectivity index (χ0) is 13.5. The summed E-state index contributed by atoms with van der Waals surface area (Å²) < 4.78 is 3.30. The van der Waals surface area contributed by atoms with Crippen molar-refractivity contribution in [1.82, 2.24) is 9.55 Å². The van der Waals surface area contributed by atoms with Gasteiger partial charge in [0.2, 0.25) is 0 Å². The summed E-state index contributed by atoms with van der Waals surface area (Å²) in [6.45, 7) is 8.93. The third-order valence-corrected chi connectivity index (χ3v) is 4.22. The number of nitrogens with zero attached hydrogens (tertiary/aromatic N) is 2. The molecule has 0 saturated heterocycles. The van der Waals surface area contributed by atoms with Crippen molar-refractivity contribution in [2.75, 3.05) is 0 Å². The maximum absolute atomic E-state index is 6.04. The summed E-state index contributed by atoms with van der Waals surface area (Å²) in [5.41, 5.74) is 2.31. The molecule has 0 fully saturated rings. The molecule has 4 heteroatoms. The Balaban J connectivity index is 2.68. The molecule has 98 valence electrons. The summed E-state index contributed by atoms with van der Waals surface area (Å²) >= 11 is 9.52. The molecule has 2 rings (SSSR count). The number of hydrogen-bond acceptors (Lipinski definition) is 1. The second kappa shape index (κ2) is 4.86. The van der Waals surface area contributed by atoms with E-state index >= 15 is 0 Å². The predicted molar refractivity (Wildman–Crippen MR) is 81.2 cm³/mol. The number of fused-ring (bicyclic) bond motifs is 1. The molecular weight excluding hydrogens is 312 g/mol. The van der Waals surface area contributed by atoms with Crippen molar-refractivity contribution in [3.63, 3.8) is 0 Å². The molecule has 0 saturated carbocycles. The lowest BCUT2D eigenvalue weighted by Crippen LogP contribution is -2.22. The molecular formula is C14H18BrClN2. The van der Waals surface area contributed by atoms with Crippen LogP contribution in [-0.4, -0.2) is 9.55 Å². The monoisotopic (exact) mass is 328 g/mol. The van der Waals surface area contributed by atoms with Crippen LogP contribution in [0, 0.1) is 5.41 Å². The van der Waals surface area contributed by atoms with Crippen molar-refractivity contribution >= 4 is 38.6 Å². The molecule has 1 aromatic heterocycles. The van der Waals surface area contributed by atoms with Crippen molar-refractivity contribution in [2.45, 2.75) is 39.6 Å². The van der Waals surface area contributed by atoms with E-state index < -0.39 is 0 Å². The first kappa shape index (κ1) is 13.9. The number of imidazole rings is 1. The van der Waals surface area contributed by atoms with Gasteiger partial charge in [-0.25, -0.2) is 4.98 Å². The summed E-state index contributed by atoms with van der Waals surface area (Å²) in [5, 5.41) is 0. The van der Waals surface area contributed by atoms with E-state index in [0.29, 0.717) is 11.9 Å². The van der Waals surface area contributed by atoms with Gasteiger partial charge in [0, 0.05) is 10.5 Å². The third kappa shape index (κ3) is 2.43. The van der Waals surface area contributed by atoms with E-state index in [1.807, 2.05) is 12.1 Å². The number of hydrogen-bond donors (Lipinski definition) is 0. The lowest BCUT2D eigenvalue weighted by Gasteiger charge is -2.30. The fourth-order valence-electron chi connectivity index (χ4n) is 2.04. The van der Waals surface area contributed by atoms with E-state index in [0.717, 1.165) is 21.3 Å². The predicted octanol–water partition coefficient (Wildman–Crippen LogP) is 5.14. The van der Waals surface area contributed by atoms with Gasteiger partial charge in [-0.15, -0.1) is 11.6 Å². The first-order chi connectivity index (χ1) is 8.34. The highest BCUT2D eigenvalue weighted by atomic mass is 79.9. The standard InChI is InChI=1S/C14H18BrClN2/c1-9(14(2,3)4)18-12-6-5-10(15)7-11(12)17-13(18)8-16/h5-7,9H,8H2,1-4H3. The quantitative estimate of drug-likeness (QED) is 0.697. The molecule has 0 spiro atoms. The van der Waals surface area contributed by atoms with Crippen molar-refractivity contribution in [1.29, 1.82) is 0 Å². The van der Waals surface area contributed by atoms with Gasteiger partial charge >= 0.3 is 0 Å². The van der Waals surface area contributed by atoms with Crippen LogP contribution in [0.4, 0.5) is 0 Å². The lowest BCUT2D eigenvalue weighted by atomic mass is 9.87. The Morgan fingerprint density at radius 3 is 2.61 bits per heavy atom. The van der Waals surface area contributed by atoms with Crippen molar-refractivity contribution in [3.05, 3.63) is 28.5 Å². The van der Waals surface area contributed by atoms with Crippen LogP contribution >= 0.6 is 27.5 Å². The van der Waals surface area contributed by atoms with E-state index in [2.05, 4.69) is 59.2 Å². The fraction of sp³-hybridized carbons (Fsp3) is 0.500. The first-order valence-corrected chi connectivity index (χ1v) is 7.39. The highest BCUT2D eigenvalue weighted by molar-refractivity contribution is 9.10. The van der Waals surface area contributed by atoms with Crippen LogP contribution in [0.1, 0.15) is 39.6 Å². The Kier molecular flexibility index (Phi) is 3.75. The zero-order valence-corrected chi connectivity index (χ0v) is 13.5. The molecule has 2 nitrogen and oxygen atoms in total. The number of benzene rings is 1. The Morgan fingerprint density at radius 1 is 1.39 bits per heavy atom. The van der Waals surface area contributed by atoms with Gasteiger partial charge in [0.1, 0.15) is 5.82 Å². The summed E-state index contributed by atoms with van der Waals surface area (Å²) in [6.07, 6.45) is 0. The third-order valence-electron chi connectivity index (χ3n) is 3.48. The smallest absolute Gasteiger partial charge is 0.125 e. The molecule has 1 aromatic carbocycles. The minimum absolute atomic E-state index is 0.168. The van der Waals surface area contributed by atoms with Crippen LogP contribution in [0.2, 0.25) is 0 Å². The van der Waals surface area contributed by atoms with Crippen molar-refractivity contribution < 1.29 is 0 Å². The number of rotatable bonds is 2. The molecule has 0 amide bonds. The molecule has 1 unspecified atom stereocenters. The van der Waals surface area contributed by atoms with Gasteiger partial charge < -0.3 is 4.57 Å². The molecule has 0 bridgehead atoms. The summed E-state index contributed by atoms with van der Waals surface area (Å²) in [4.78, 5) is 4.63. The van der Waals surface area contributed by atoms with Crippen molar-refractivity contribution in [3.8, 4) is 0 Å². The van der Waals surface area contributed by atoms with Crippen LogP contribution in [0.3, 0.4) is 0 Å². The average molecular weight is 330 g/mol. The van der Waals surface area contributed by atoms with E-state index in [9.17, 15) is 0 Å². The molecule has 1 atom stereocenters. The lowest BCUT2D eigenvalue weighted by molar-refractivity contribution is 0.264. The van der Waals surface area contributed by atoms with Crippen LogP contribution in [0.25, 0.3) is 11.0 Å². The van der Waals surface area contributed by atoms with Crippen LogP contribution < -0.4 is 0 Å². The first-order valence-electron chi connectivity index (χ1n) is 6.07. The summed E-state index contributed by atoms with van der Waals surface area (Å²) in [6, 6.07) is 6.54. The Morgan fingerprint density at radius 2 is 2.06 bits per heavy atom. The minimum Gasteiger partial charge on any atom is -0.324 e. The summed E-state index contributed by atoms with van der Waals surface area (Å²) in [5.74, 6) is 1.37. The number of alkyl halides is 1. The van der Waals surface area contributed by atoms with Crippen LogP contribution in [-0.2, 0) is 5.88 Å². The highest BCUT2D eigenvalue weighted by Crippen LogP contribution is 2.34. The minimum atomic E-state index is 0.168.